The molecular formula is C13H10ClNO2S. The van der Waals surface area contributed by atoms with Gasteiger partial charge in [-0.3, -0.25) is 10.1 Å². The summed E-state index contributed by atoms with van der Waals surface area (Å²) in [6.45, 7) is 1.99. The first-order chi connectivity index (χ1) is 8.58. The van der Waals surface area contributed by atoms with Crippen LogP contribution in [0.1, 0.15) is 5.56 Å². The molecule has 0 fully saturated rings. The molecule has 5 heteroatoms. The van der Waals surface area contributed by atoms with Crippen molar-refractivity contribution >= 4 is 29.1 Å². The van der Waals surface area contributed by atoms with Crippen molar-refractivity contribution in [3.05, 3.63) is 63.2 Å². The molecule has 0 amide bonds. The minimum Gasteiger partial charge on any atom is -0.258 e. The second-order valence-corrected chi connectivity index (χ2v) is 5.25. The van der Waals surface area contributed by atoms with Crippen LogP contribution in [0.4, 0.5) is 5.69 Å². The molecule has 0 atom stereocenters. The lowest BCUT2D eigenvalue weighted by molar-refractivity contribution is -0.387. The van der Waals surface area contributed by atoms with Gasteiger partial charge in [-0.05, 0) is 25.1 Å². The summed E-state index contributed by atoms with van der Waals surface area (Å²) in [6.07, 6.45) is 0. The van der Waals surface area contributed by atoms with Gasteiger partial charge in [0, 0.05) is 11.0 Å². The summed E-state index contributed by atoms with van der Waals surface area (Å²) in [5.41, 5.74) is 1.18. The van der Waals surface area contributed by atoms with E-state index in [-0.39, 0.29) is 5.69 Å². The minimum atomic E-state index is -0.414. The number of hydrogen-bond donors (Lipinski definition) is 0. The highest BCUT2D eigenvalue weighted by Gasteiger charge is 2.17. The number of benzene rings is 2. The molecule has 0 unspecified atom stereocenters. The maximum Gasteiger partial charge on any atom is 0.284 e. The Kier molecular flexibility index (Phi) is 3.89. The van der Waals surface area contributed by atoms with E-state index >= 15 is 0 Å². The maximum atomic E-state index is 11.0. The van der Waals surface area contributed by atoms with Gasteiger partial charge >= 0.3 is 0 Å². The summed E-state index contributed by atoms with van der Waals surface area (Å²) in [7, 11) is 0. The van der Waals surface area contributed by atoms with Crippen LogP contribution in [0.5, 0.6) is 0 Å². The smallest absolute Gasteiger partial charge is 0.258 e. The van der Waals surface area contributed by atoms with E-state index in [0.29, 0.717) is 9.92 Å². The topological polar surface area (TPSA) is 43.1 Å². The summed E-state index contributed by atoms with van der Waals surface area (Å²) in [5.74, 6) is 0. The zero-order valence-electron chi connectivity index (χ0n) is 9.59. The van der Waals surface area contributed by atoms with Crippen molar-refractivity contribution in [2.75, 3.05) is 0 Å². The summed E-state index contributed by atoms with van der Waals surface area (Å²) < 4.78 is 0. The second kappa shape index (κ2) is 5.42. The van der Waals surface area contributed by atoms with Crippen molar-refractivity contribution < 1.29 is 4.92 Å². The Morgan fingerprint density at radius 3 is 2.44 bits per heavy atom. The van der Waals surface area contributed by atoms with E-state index in [1.807, 2.05) is 31.2 Å². The molecule has 2 aromatic carbocycles. The van der Waals surface area contributed by atoms with E-state index in [0.717, 1.165) is 10.5 Å². The largest absolute Gasteiger partial charge is 0.284 e. The molecule has 0 bridgehead atoms. The van der Waals surface area contributed by atoms with Gasteiger partial charge in [0.25, 0.3) is 5.69 Å². The molecule has 0 aliphatic carbocycles. The van der Waals surface area contributed by atoms with Crippen LogP contribution in [0, 0.1) is 17.0 Å². The standard InChI is InChI=1S/C13H10ClNO2S/c1-9-5-7-10(8-6-9)18-13-11(14)3-2-4-12(13)15(16)17/h2-8H,1H3. The number of nitrogens with zero attached hydrogens (tertiary/aromatic N) is 1. The fraction of sp³-hybridized carbons (Fsp3) is 0.0769. The summed E-state index contributed by atoms with van der Waals surface area (Å²) in [5, 5.41) is 11.3. The van der Waals surface area contributed by atoms with Crippen LogP contribution in [-0.2, 0) is 0 Å². The number of aryl methyl sites for hydroxylation is 1. The van der Waals surface area contributed by atoms with E-state index in [9.17, 15) is 10.1 Å². The Balaban J connectivity index is 2.39. The van der Waals surface area contributed by atoms with Gasteiger partial charge in [0.2, 0.25) is 0 Å². The lowest BCUT2D eigenvalue weighted by Gasteiger charge is -2.05. The molecule has 0 aromatic heterocycles. The fourth-order valence-corrected chi connectivity index (χ4v) is 2.67. The highest BCUT2D eigenvalue weighted by Crippen LogP contribution is 2.39. The molecule has 0 heterocycles. The lowest BCUT2D eigenvalue weighted by Crippen LogP contribution is -1.91. The SMILES string of the molecule is Cc1ccc(Sc2c(Cl)cccc2[N+](=O)[O-])cc1. The summed E-state index contributed by atoms with van der Waals surface area (Å²) in [6, 6.07) is 12.5. The predicted molar refractivity (Wildman–Crippen MR) is 73.4 cm³/mol. The zero-order chi connectivity index (χ0) is 13.1. The third kappa shape index (κ3) is 2.83. The molecule has 0 spiro atoms. The third-order valence-corrected chi connectivity index (χ3v) is 3.95. The Morgan fingerprint density at radius 1 is 1.17 bits per heavy atom. The molecule has 0 radical (unpaired) electrons. The average Bonchev–Trinajstić information content (AvgIpc) is 2.34. The predicted octanol–water partition coefficient (Wildman–Crippen LogP) is 4.71. The number of nitro groups is 1. The van der Waals surface area contributed by atoms with Crippen molar-refractivity contribution in [1.82, 2.24) is 0 Å². The van der Waals surface area contributed by atoms with Gasteiger partial charge in [0.05, 0.1) is 9.95 Å². The number of rotatable bonds is 3. The zero-order valence-corrected chi connectivity index (χ0v) is 11.2. The quantitative estimate of drug-likeness (QED) is 0.604. The molecule has 92 valence electrons. The second-order valence-electron chi connectivity index (χ2n) is 3.76. The minimum absolute atomic E-state index is 0.0353. The molecule has 3 nitrogen and oxygen atoms in total. The van der Waals surface area contributed by atoms with Crippen LogP contribution in [-0.4, -0.2) is 4.92 Å². The number of hydrogen-bond acceptors (Lipinski definition) is 3. The average molecular weight is 280 g/mol. The van der Waals surface area contributed by atoms with Gasteiger partial charge in [-0.25, -0.2) is 0 Å². The normalized spacial score (nSPS) is 10.3. The molecule has 0 aliphatic rings. The van der Waals surface area contributed by atoms with E-state index in [1.54, 1.807) is 12.1 Å². The van der Waals surface area contributed by atoms with Gasteiger partial charge in [0.15, 0.2) is 0 Å². The van der Waals surface area contributed by atoms with E-state index in [4.69, 9.17) is 11.6 Å². The van der Waals surface area contributed by atoms with E-state index in [2.05, 4.69) is 0 Å². The lowest BCUT2D eigenvalue weighted by atomic mass is 10.2. The van der Waals surface area contributed by atoms with Gasteiger partial charge in [0.1, 0.15) is 4.90 Å². The van der Waals surface area contributed by atoms with Crippen LogP contribution >= 0.6 is 23.4 Å². The highest BCUT2D eigenvalue weighted by molar-refractivity contribution is 7.99. The van der Waals surface area contributed by atoms with Crippen LogP contribution in [0.3, 0.4) is 0 Å². The molecule has 2 rings (SSSR count). The van der Waals surface area contributed by atoms with Crippen LogP contribution in [0.2, 0.25) is 5.02 Å². The van der Waals surface area contributed by atoms with Gasteiger partial charge in [-0.15, -0.1) is 0 Å². The van der Waals surface area contributed by atoms with Crippen molar-refractivity contribution in [2.45, 2.75) is 16.7 Å². The van der Waals surface area contributed by atoms with Crippen LogP contribution < -0.4 is 0 Å². The summed E-state index contributed by atoms with van der Waals surface area (Å²) in [4.78, 5) is 11.9. The van der Waals surface area contributed by atoms with E-state index < -0.39 is 4.92 Å². The van der Waals surface area contributed by atoms with Crippen LogP contribution in [0.15, 0.2) is 52.3 Å². The molecule has 0 saturated carbocycles. The Bertz CT molecular complexity index is 584. The molecule has 0 N–H and O–H groups in total. The first-order valence-corrected chi connectivity index (χ1v) is 6.45. The number of halogens is 1. The monoisotopic (exact) mass is 279 g/mol. The third-order valence-electron chi connectivity index (χ3n) is 2.38. The first-order valence-electron chi connectivity index (χ1n) is 5.25. The molecular weight excluding hydrogens is 270 g/mol. The maximum absolute atomic E-state index is 11.0. The molecule has 18 heavy (non-hydrogen) atoms. The van der Waals surface area contributed by atoms with Gasteiger partial charge in [-0.1, -0.05) is 47.1 Å². The van der Waals surface area contributed by atoms with Crippen molar-refractivity contribution in [3.63, 3.8) is 0 Å². The summed E-state index contributed by atoms with van der Waals surface area (Å²) >= 11 is 7.33. The highest BCUT2D eigenvalue weighted by atomic mass is 35.5. The van der Waals surface area contributed by atoms with Crippen molar-refractivity contribution in [2.24, 2.45) is 0 Å². The van der Waals surface area contributed by atoms with Crippen LogP contribution in [0.25, 0.3) is 0 Å². The molecule has 2 aromatic rings. The molecule has 0 aliphatic heterocycles. The van der Waals surface area contributed by atoms with Crippen molar-refractivity contribution in [3.8, 4) is 0 Å². The van der Waals surface area contributed by atoms with Gasteiger partial charge < -0.3 is 0 Å². The van der Waals surface area contributed by atoms with Gasteiger partial charge in [-0.2, -0.15) is 0 Å². The van der Waals surface area contributed by atoms with E-state index in [1.165, 1.54) is 17.8 Å². The Morgan fingerprint density at radius 2 is 1.83 bits per heavy atom. The van der Waals surface area contributed by atoms with Crippen molar-refractivity contribution in [1.29, 1.82) is 0 Å². The number of nitro benzene ring substituents is 1. The Hall–Kier alpha value is -1.52. The molecule has 0 saturated heterocycles. The Labute approximate surface area is 114 Å². The fourth-order valence-electron chi connectivity index (χ4n) is 1.47. The first kappa shape index (κ1) is 12.9.